The van der Waals surface area contributed by atoms with Crippen LogP contribution in [0.1, 0.15) is 32.1 Å². The summed E-state index contributed by atoms with van der Waals surface area (Å²) in [6.45, 7) is 4.20. The molecular weight excluding hydrogens is 324 g/mol. The van der Waals surface area contributed by atoms with Gasteiger partial charge in [-0.1, -0.05) is 0 Å². The van der Waals surface area contributed by atoms with E-state index in [-0.39, 0.29) is 17.6 Å². The molecule has 3 rings (SSSR count). The average Bonchev–Trinajstić information content (AvgIpc) is 2.63. The fourth-order valence-electron chi connectivity index (χ4n) is 4.04. The Hall–Kier alpha value is -1.69. The molecule has 2 aliphatic rings. The van der Waals surface area contributed by atoms with Gasteiger partial charge in [0.15, 0.2) is 0 Å². The van der Waals surface area contributed by atoms with Gasteiger partial charge in [0.25, 0.3) is 0 Å². The summed E-state index contributed by atoms with van der Waals surface area (Å²) in [4.78, 5) is 15.5. The lowest BCUT2D eigenvalue weighted by molar-refractivity contribution is -0.123. The number of carbonyl (C=O) groups excluding carboxylic acids is 1. The monoisotopic (exact) mass is 351 g/mol. The van der Waals surface area contributed by atoms with Crippen LogP contribution in [-0.4, -0.2) is 43.5 Å². The molecule has 0 aromatic heterocycles. The van der Waals surface area contributed by atoms with E-state index in [1.54, 1.807) is 0 Å². The van der Waals surface area contributed by atoms with Crippen molar-refractivity contribution >= 4 is 11.6 Å². The van der Waals surface area contributed by atoms with Crippen molar-refractivity contribution in [3.05, 3.63) is 29.8 Å². The third kappa shape index (κ3) is 4.69. The standard InChI is InChI=1S/C19H27F2N3O/c20-16-5-6-17(21)18(13-16)24-11-9-23(10-12-24)8-7-14-1-3-15(4-2-14)19(22)25/h5-6,13-15H,1-4,7-12H2,(H2,22,25). The average molecular weight is 351 g/mol. The van der Waals surface area contributed by atoms with Crippen LogP contribution >= 0.6 is 0 Å². The summed E-state index contributed by atoms with van der Waals surface area (Å²) in [5.74, 6) is -0.166. The molecule has 138 valence electrons. The Morgan fingerprint density at radius 3 is 2.40 bits per heavy atom. The predicted octanol–water partition coefficient (Wildman–Crippen LogP) is 2.77. The molecule has 4 nitrogen and oxygen atoms in total. The van der Waals surface area contributed by atoms with Crippen LogP contribution < -0.4 is 10.6 Å². The lowest BCUT2D eigenvalue weighted by Gasteiger charge is -2.37. The van der Waals surface area contributed by atoms with Crippen molar-refractivity contribution in [2.45, 2.75) is 32.1 Å². The summed E-state index contributed by atoms with van der Waals surface area (Å²) in [6, 6.07) is 3.63. The molecule has 1 aromatic carbocycles. The summed E-state index contributed by atoms with van der Waals surface area (Å²) < 4.78 is 27.2. The Morgan fingerprint density at radius 1 is 1.08 bits per heavy atom. The van der Waals surface area contributed by atoms with Crippen LogP contribution in [-0.2, 0) is 4.79 Å². The van der Waals surface area contributed by atoms with Crippen LogP contribution in [0, 0.1) is 23.5 Å². The minimum Gasteiger partial charge on any atom is -0.369 e. The van der Waals surface area contributed by atoms with Gasteiger partial charge in [-0.3, -0.25) is 9.69 Å². The first-order valence-electron chi connectivity index (χ1n) is 9.24. The maximum atomic E-state index is 13.9. The molecule has 1 heterocycles. The Labute approximate surface area is 148 Å². The van der Waals surface area contributed by atoms with Crippen molar-refractivity contribution in [1.29, 1.82) is 0 Å². The molecule has 2 N–H and O–H groups in total. The van der Waals surface area contributed by atoms with E-state index in [4.69, 9.17) is 5.73 Å². The number of amides is 1. The molecule has 6 heteroatoms. The predicted molar refractivity (Wildman–Crippen MR) is 94.3 cm³/mol. The van der Waals surface area contributed by atoms with E-state index < -0.39 is 5.82 Å². The third-order valence-electron chi connectivity index (χ3n) is 5.72. The first-order valence-corrected chi connectivity index (χ1v) is 9.24. The summed E-state index contributed by atoms with van der Waals surface area (Å²) in [6.07, 6.45) is 5.16. The van der Waals surface area contributed by atoms with Gasteiger partial charge in [-0.05, 0) is 56.7 Å². The zero-order valence-corrected chi connectivity index (χ0v) is 14.6. The van der Waals surface area contributed by atoms with Crippen molar-refractivity contribution < 1.29 is 13.6 Å². The van der Waals surface area contributed by atoms with Crippen LogP contribution in [0.15, 0.2) is 18.2 Å². The first-order chi connectivity index (χ1) is 12.0. The molecule has 1 amide bonds. The van der Waals surface area contributed by atoms with Crippen LogP contribution in [0.4, 0.5) is 14.5 Å². The number of benzene rings is 1. The number of nitrogens with zero attached hydrogens (tertiary/aromatic N) is 2. The normalized spacial score (nSPS) is 25.1. The number of hydrogen-bond acceptors (Lipinski definition) is 3. The second-order valence-corrected chi connectivity index (χ2v) is 7.33. The van der Waals surface area contributed by atoms with Crippen molar-refractivity contribution in [1.82, 2.24) is 4.90 Å². The highest BCUT2D eigenvalue weighted by atomic mass is 19.1. The highest BCUT2D eigenvalue weighted by molar-refractivity contribution is 5.76. The fraction of sp³-hybridized carbons (Fsp3) is 0.632. The number of piperazine rings is 1. The van der Waals surface area contributed by atoms with E-state index in [1.165, 1.54) is 12.1 Å². The van der Waals surface area contributed by atoms with E-state index in [9.17, 15) is 13.6 Å². The number of carbonyl (C=O) groups is 1. The Morgan fingerprint density at radius 2 is 1.76 bits per heavy atom. The van der Waals surface area contributed by atoms with Crippen molar-refractivity contribution in [3.63, 3.8) is 0 Å². The van der Waals surface area contributed by atoms with Crippen LogP contribution in [0.3, 0.4) is 0 Å². The van der Waals surface area contributed by atoms with Crippen LogP contribution in [0.5, 0.6) is 0 Å². The molecule has 0 atom stereocenters. The molecule has 0 radical (unpaired) electrons. The SMILES string of the molecule is NC(=O)C1CCC(CCN2CCN(c3cc(F)ccc3F)CC2)CC1. The maximum absolute atomic E-state index is 13.9. The molecule has 0 unspecified atom stereocenters. The van der Waals surface area contributed by atoms with Crippen molar-refractivity contribution in [2.75, 3.05) is 37.6 Å². The Kier molecular flexibility index (Phi) is 5.89. The molecule has 1 aromatic rings. The highest BCUT2D eigenvalue weighted by Crippen LogP contribution is 2.31. The van der Waals surface area contributed by atoms with Gasteiger partial charge in [-0.25, -0.2) is 8.78 Å². The Balaban J connectivity index is 1.41. The topological polar surface area (TPSA) is 49.6 Å². The first kappa shape index (κ1) is 18.1. The molecule has 1 aliphatic heterocycles. The highest BCUT2D eigenvalue weighted by Gasteiger charge is 2.26. The molecular formula is C19H27F2N3O. The van der Waals surface area contributed by atoms with E-state index in [0.29, 0.717) is 11.6 Å². The van der Waals surface area contributed by atoms with Crippen molar-refractivity contribution in [3.8, 4) is 0 Å². The molecule has 1 aliphatic carbocycles. The van der Waals surface area contributed by atoms with Crippen LogP contribution in [0.25, 0.3) is 0 Å². The number of nitrogens with two attached hydrogens (primary N) is 1. The number of primary amides is 1. The summed E-state index contributed by atoms with van der Waals surface area (Å²) in [5.41, 5.74) is 5.75. The van der Waals surface area contributed by atoms with Gasteiger partial charge in [-0.15, -0.1) is 0 Å². The number of rotatable bonds is 5. The van der Waals surface area contributed by atoms with Crippen LogP contribution in [0.2, 0.25) is 0 Å². The lowest BCUT2D eigenvalue weighted by atomic mass is 9.80. The fourth-order valence-corrected chi connectivity index (χ4v) is 4.04. The number of anilines is 1. The van der Waals surface area contributed by atoms with Gasteiger partial charge in [0.2, 0.25) is 5.91 Å². The summed E-state index contributed by atoms with van der Waals surface area (Å²) in [5, 5.41) is 0. The van der Waals surface area contributed by atoms with Gasteiger partial charge >= 0.3 is 0 Å². The molecule has 1 saturated carbocycles. The molecule has 0 spiro atoms. The zero-order valence-electron chi connectivity index (χ0n) is 14.6. The largest absolute Gasteiger partial charge is 0.369 e. The summed E-state index contributed by atoms with van der Waals surface area (Å²) in [7, 11) is 0. The lowest BCUT2D eigenvalue weighted by Crippen LogP contribution is -2.47. The van der Waals surface area contributed by atoms with Gasteiger partial charge in [-0.2, -0.15) is 0 Å². The third-order valence-corrected chi connectivity index (χ3v) is 5.72. The molecule has 25 heavy (non-hydrogen) atoms. The second kappa shape index (κ2) is 8.13. The minimum atomic E-state index is -0.398. The van der Waals surface area contributed by atoms with Gasteiger partial charge in [0.05, 0.1) is 5.69 Å². The zero-order chi connectivity index (χ0) is 17.8. The second-order valence-electron chi connectivity index (χ2n) is 7.33. The van der Waals surface area contributed by atoms with E-state index >= 15 is 0 Å². The maximum Gasteiger partial charge on any atom is 0.220 e. The molecule has 2 fully saturated rings. The van der Waals surface area contributed by atoms with Gasteiger partial charge in [0.1, 0.15) is 11.6 Å². The van der Waals surface area contributed by atoms with E-state index in [1.807, 2.05) is 4.90 Å². The molecule has 1 saturated heterocycles. The minimum absolute atomic E-state index is 0.0703. The van der Waals surface area contributed by atoms with E-state index in [0.717, 1.165) is 70.9 Å². The van der Waals surface area contributed by atoms with E-state index in [2.05, 4.69) is 4.90 Å². The smallest absolute Gasteiger partial charge is 0.220 e. The summed E-state index contributed by atoms with van der Waals surface area (Å²) >= 11 is 0. The quantitative estimate of drug-likeness (QED) is 0.887. The van der Waals surface area contributed by atoms with Gasteiger partial charge < -0.3 is 10.6 Å². The Bertz CT molecular complexity index is 594. The number of hydrogen-bond donors (Lipinski definition) is 1. The number of halogens is 2. The molecule has 0 bridgehead atoms. The van der Waals surface area contributed by atoms with Gasteiger partial charge in [0, 0.05) is 38.2 Å². The van der Waals surface area contributed by atoms with Crippen molar-refractivity contribution in [2.24, 2.45) is 17.6 Å².